The normalized spacial score (nSPS) is 20.9. The van der Waals surface area contributed by atoms with Gasteiger partial charge in [0, 0.05) is 56.0 Å². The fourth-order valence-corrected chi connectivity index (χ4v) is 5.90. The Bertz CT molecular complexity index is 1390. The number of nitrogen functional groups attached to an aromatic ring is 1. The summed E-state index contributed by atoms with van der Waals surface area (Å²) < 4.78 is 5.52. The Hall–Kier alpha value is -4.08. The number of ether oxygens (including phenoxy) is 1. The molecule has 40 heavy (non-hydrogen) atoms. The molecule has 1 aliphatic carbocycles. The first kappa shape index (κ1) is 26.2. The Balaban J connectivity index is 1.30. The van der Waals surface area contributed by atoms with Crippen molar-refractivity contribution in [2.45, 2.75) is 25.4 Å². The van der Waals surface area contributed by atoms with Gasteiger partial charge in [-0.25, -0.2) is 5.84 Å². The lowest BCUT2D eigenvalue weighted by molar-refractivity contribution is -0.139. The highest BCUT2D eigenvalue weighted by atomic mass is 16.5. The van der Waals surface area contributed by atoms with Crippen LogP contribution in [0, 0.1) is 5.92 Å². The van der Waals surface area contributed by atoms with Crippen LogP contribution in [0.3, 0.4) is 0 Å². The zero-order valence-corrected chi connectivity index (χ0v) is 22.8. The molecular formula is C31H36N6O3. The van der Waals surface area contributed by atoms with Crippen LogP contribution in [0.15, 0.2) is 72.6 Å². The molecule has 9 nitrogen and oxygen atoms in total. The number of hydrogen-bond acceptors (Lipinski definition) is 7. The molecule has 0 radical (unpaired) electrons. The lowest BCUT2D eigenvalue weighted by atomic mass is 9.84. The summed E-state index contributed by atoms with van der Waals surface area (Å²) in [4.78, 5) is 32.0. The molecule has 2 aromatic rings. The van der Waals surface area contributed by atoms with Gasteiger partial charge < -0.3 is 19.9 Å². The van der Waals surface area contributed by atoms with Crippen LogP contribution in [0.25, 0.3) is 11.3 Å². The number of hydrogen-bond donors (Lipinski definition) is 3. The zero-order valence-electron chi connectivity index (χ0n) is 22.8. The van der Waals surface area contributed by atoms with Crippen LogP contribution in [-0.2, 0) is 4.79 Å². The van der Waals surface area contributed by atoms with Gasteiger partial charge in [-0.15, -0.1) is 0 Å². The number of piperazine rings is 1. The minimum atomic E-state index is -0.325. The van der Waals surface area contributed by atoms with Crippen molar-refractivity contribution in [3.8, 4) is 5.75 Å². The molecule has 0 bridgehead atoms. The number of carbonyl (C=O) groups is 2. The summed E-state index contributed by atoms with van der Waals surface area (Å²) >= 11 is 0. The molecule has 4 N–H and O–H groups in total. The Morgan fingerprint density at radius 2 is 1.88 bits per heavy atom. The van der Waals surface area contributed by atoms with E-state index in [1.54, 1.807) is 13.2 Å². The summed E-state index contributed by atoms with van der Waals surface area (Å²) in [6, 6.07) is 15.6. The van der Waals surface area contributed by atoms with Crippen LogP contribution in [0.1, 0.15) is 40.7 Å². The number of hydrazine groups is 1. The van der Waals surface area contributed by atoms with Crippen LogP contribution < -0.4 is 21.3 Å². The Morgan fingerprint density at radius 1 is 1.07 bits per heavy atom. The van der Waals surface area contributed by atoms with Gasteiger partial charge in [0.15, 0.2) is 0 Å². The third-order valence-electron chi connectivity index (χ3n) is 8.41. The summed E-state index contributed by atoms with van der Waals surface area (Å²) in [5.74, 6) is 6.51. The number of nitrogens with two attached hydrogens (primary N) is 1. The van der Waals surface area contributed by atoms with Crippen molar-refractivity contribution in [3.63, 3.8) is 0 Å². The third-order valence-corrected chi connectivity index (χ3v) is 8.41. The van der Waals surface area contributed by atoms with E-state index < -0.39 is 0 Å². The van der Waals surface area contributed by atoms with Crippen molar-refractivity contribution in [2.75, 3.05) is 39.8 Å². The van der Waals surface area contributed by atoms with Gasteiger partial charge >= 0.3 is 0 Å². The number of carbonyl (C=O) groups excluding carboxylic acids is 2. The number of methoxy groups -OCH3 is 1. The number of benzene rings is 2. The quantitative estimate of drug-likeness (QED) is 0.282. The molecule has 4 aliphatic rings. The number of rotatable bonds is 7. The molecule has 3 heterocycles. The highest BCUT2D eigenvalue weighted by Crippen LogP contribution is 2.36. The molecule has 208 valence electrons. The molecule has 0 spiro atoms. The van der Waals surface area contributed by atoms with Gasteiger partial charge in [0.05, 0.1) is 18.5 Å². The molecule has 2 aromatic carbocycles. The van der Waals surface area contributed by atoms with Crippen LogP contribution in [0.5, 0.6) is 5.75 Å². The van der Waals surface area contributed by atoms with E-state index in [2.05, 4.69) is 43.8 Å². The van der Waals surface area contributed by atoms with E-state index in [9.17, 15) is 9.59 Å². The molecule has 1 atom stereocenters. The fourth-order valence-electron chi connectivity index (χ4n) is 5.90. The maximum atomic E-state index is 12.8. The summed E-state index contributed by atoms with van der Waals surface area (Å²) in [6.07, 6.45) is 9.47. The van der Waals surface area contributed by atoms with Gasteiger partial charge in [-0.1, -0.05) is 42.8 Å². The lowest BCUT2D eigenvalue weighted by Gasteiger charge is -2.39. The second kappa shape index (κ2) is 11.2. The second-order valence-electron chi connectivity index (χ2n) is 10.7. The molecule has 9 heteroatoms. The molecule has 0 aromatic heterocycles. The van der Waals surface area contributed by atoms with Crippen molar-refractivity contribution in [3.05, 3.63) is 89.3 Å². The van der Waals surface area contributed by atoms with Crippen LogP contribution in [-0.4, -0.2) is 72.5 Å². The lowest BCUT2D eigenvalue weighted by Crippen LogP contribution is -2.51. The molecule has 1 unspecified atom stereocenters. The molecule has 2 amide bonds. The van der Waals surface area contributed by atoms with Crippen molar-refractivity contribution in [1.82, 2.24) is 25.4 Å². The van der Waals surface area contributed by atoms with Gasteiger partial charge in [-0.05, 0) is 48.3 Å². The largest absolute Gasteiger partial charge is 0.497 e. The Morgan fingerprint density at radius 3 is 2.60 bits per heavy atom. The number of nitrogens with one attached hydrogen (secondary N) is 2. The van der Waals surface area contributed by atoms with Crippen molar-refractivity contribution in [2.24, 2.45) is 11.8 Å². The van der Waals surface area contributed by atoms with E-state index >= 15 is 0 Å². The van der Waals surface area contributed by atoms with Gasteiger partial charge in [-0.2, -0.15) is 0 Å². The first-order valence-corrected chi connectivity index (χ1v) is 14.0. The SMILES string of the molecule is COc1cccc(C2=C(CN3CCN(C(=O)C4CCC4)CC3)N3C=C(c4ccccc4C(=O)NN)C=CC3N2)c1. The van der Waals surface area contributed by atoms with Gasteiger partial charge in [0.25, 0.3) is 5.91 Å². The summed E-state index contributed by atoms with van der Waals surface area (Å²) in [5, 5.41) is 3.71. The summed E-state index contributed by atoms with van der Waals surface area (Å²) in [6.45, 7) is 3.91. The van der Waals surface area contributed by atoms with Gasteiger partial charge in [0.2, 0.25) is 5.91 Å². The van der Waals surface area contributed by atoms with E-state index in [0.29, 0.717) is 11.5 Å². The summed E-state index contributed by atoms with van der Waals surface area (Å²) in [5.41, 5.74) is 7.77. The predicted octanol–water partition coefficient (Wildman–Crippen LogP) is 2.75. The van der Waals surface area contributed by atoms with Crippen molar-refractivity contribution in [1.29, 1.82) is 0 Å². The van der Waals surface area contributed by atoms with E-state index in [0.717, 1.165) is 79.4 Å². The molecule has 1 saturated carbocycles. The van der Waals surface area contributed by atoms with Crippen molar-refractivity contribution < 1.29 is 14.3 Å². The number of fused-ring (bicyclic) bond motifs is 1. The predicted molar refractivity (Wildman–Crippen MR) is 154 cm³/mol. The average Bonchev–Trinajstić information content (AvgIpc) is 3.33. The average molecular weight is 541 g/mol. The van der Waals surface area contributed by atoms with Crippen LogP contribution in [0.2, 0.25) is 0 Å². The Labute approximate surface area is 234 Å². The molecule has 1 saturated heterocycles. The first-order valence-electron chi connectivity index (χ1n) is 14.0. The second-order valence-corrected chi connectivity index (χ2v) is 10.7. The maximum absolute atomic E-state index is 12.8. The fraction of sp³-hybridized carbons (Fsp3) is 0.355. The minimum absolute atomic E-state index is 0.0584. The topological polar surface area (TPSA) is 103 Å². The highest BCUT2D eigenvalue weighted by Gasteiger charge is 2.35. The zero-order chi connectivity index (χ0) is 27.6. The Kier molecular flexibility index (Phi) is 7.32. The third kappa shape index (κ3) is 4.98. The number of nitrogens with zero attached hydrogens (tertiary/aromatic N) is 3. The van der Waals surface area contributed by atoms with E-state index in [4.69, 9.17) is 10.6 Å². The van der Waals surface area contributed by atoms with Gasteiger partial charge in [0.1, 0.15) is 11.9 Å². The summed E-state index contributed by atoms with van der Waals surface area (Å²) in [7, 11) is 1.68. The van der Waals surface area contributed by atoms with E-state index in [1.165, 1.54) is 6.42 Å². The standard InChI is InChI=1S/C31H36N6O3/c1-40-24-9-5-8-22(18-24)29-27(20-35-14-16-36(17-15-35)31(39)21-6-4-7-21)37-19-23(12-13-28(37)33-29)25-10-2-3-11-26(25)30(38)34-32/h2-3,5,8-13,18-19,21,28,33H,4,6-7,14-17,20,32H2,1H3,(H,34,38). The minimum Gasteiger partial charge on any atom is -0.497 e. The molecule has 6 rings (SSSR count). The first-order chi connectivity index (χ1) is 19.6. The van der Waals surface area contributed by atoms with Crippen LogP contribution in [0.4, 0.5) is 0 Å². The van der Waals surface area contributed by atoms with E-state index in [-0.39, 0.29) is 18.0 Å². The molecular weight excluding hydrogens is 504 g/mol. The monoisotopic (exact) mass is 540 g/mol. The molecule has 2 fully saturated rings. The maximum Gasteiger partial charge on any atom is 0.265 e. The van der Waals surface area contributed by atoms with Crippen LogP contribution >= 0.6 is 0 Å². The number of amides is 2. The van der Waals surface area contributed by atoms with Crippen molar-refractivity contribution >= 4 is 23.1 Å². The number of allylic oxidation sites excluding steroid dienone is 2. The van der Waals surface area contributed by atoms with Gasteiger partial charge in [-0.3, -0.25) is 19.9 Å². The van der Waals surface area contributed by atoms with E-state index in [1.807, 2.05) is 42.5 Å². The molecule has 3 aliphatic heterocycles. The highest BCUT2D eigenvalue weighted by molar-refractivity contribution is 6.00. The smallest absolute Gasteiger partial charge is 0.265 e.